The SMILES string of the molecule is CCN(Cc1cccs1)C(=O)NCCCCN1CCCC1. The van der Waals surface area contributed by atoms with Crippen molar-refractivity contribution in [3.05, 3.63) is 22.4 Å². The number of nitrogens with zero attached hydrogens (tertiary/aromatic N) is 2. The minimum absolute atomic E-state index is 0.0621. The number of unbranched alkanes of at least 4 members (excludes halogenated alkanes) is 1. The molecule has 0 aromatic carbocycles. The number of rotatable bonds is 8. The first-order valence-electron chi connectivity index (χ1n) is 8.07. The molecule has 1 N–H and O–H groups in total. The van der Waals surface area contributed by atoms with Crippen molar-refractivity contribution in [3.8, 4) is 0 Å². The van der Waals surface area contributed by atoms with Gasteiger partial charge in [-0.3, -0.25) is 0 Å². The lowest BCUT2D eigenvalue weighted by Crippen LogP contribution is -2.39. The molecule has 118 valence electrons. The summed E-state index contributed by atoms with van der Waals surface area (Å²) in [7, 11) is 0. The molecule has 0 atom stereocenters. The van der Waals surface area contributed by atoms with Crippen LogP contribution in [0.25, 0.3) is 0 Å². The molecule has 0 radical (unpaired) electrons. The molecule has 21 heavy (non-hydrogen) atoms. The van der Waals surface area contributed by atoms with Gasteiger partial charge in [0.05, 0.1) is 6.54 Å². The normalized spacial score (nSPS) is 15.3. The number of amides is 2. The third-order valence-corrected chi connectivity index (χ3v) is 4.83. The molecule has 5 heteroatoms. The summed E-state index contributed by atoms with van der Waals surface area (Å²) < 4.78 is 0. The van der Waals surface area contributed by atoms with Crippen molar-refractivity contribution < 1.29 is 4.79 Å². The van der Waals surface area contributed by atoms with Gasteiger partial charge in [0, 0.05) is 18.0 Å². The zero-order chi connectivity index (χ0) is 14.9. The Morgan fingerprint density at radius 3 is 2.86 bits per heavy atom. The van der Waals surface area contributed by atoms with E-state index in [1.165, 1.54) is 43.8 Å². The van der Waals surface area contributed by atoms with Crippen LogP contribution in [-0.2, 0) is 6.54 Å². The lowest BCUT2D eigenvalue weighted by atomic mass is 10.3. The summed E-state index contributed by atoms with van der Waals surface area (Å²) >= 11 is 1.70. The Morgan fingerprint density at radius 2 is 2.19 bits per heavy atom. The van der Waals surface area contributed by atoms with Crippen molar-refractivity contribution in [3.63, 3.8) is 0 Å². The summed E-state index contributed by atoms with van der Waals surface area (Å²) in [6, 6.07) is 4.17. The second kappa shape index (κ2) is 9.05. The van der Waals surface area contributed by atoms with E-state index in [2.05, 4.69) is 21.7 Å². The molecule has 1 fully saturated rings. The molecule has 2 rings (SSSR count). The van der Waals surface area contributed by atoms with E-state index in [0.29, 0.717) is 6.54 Å². The maximum absolute atomic E-state index is 12.1. The highest BCUT2D eigenvalue weighted by Crippen LogP contribution is 2.12. The average Bonchev–Trinajstić information content (AvgIpc) is 3.17. The molecular weight excluding hydrogens is 282 g/mol. The summed E-state index contributed by atoms with van der Waals surface area (Å²) in [4.78, 5) is 17.8. The first-order valence-corrected chi connectivity index (χ1v) is 8.95. The molecule has 0 spiro atoms. The fourth-order valence-corrected chi connectivity index (χ4v) is 3.41. The third kappa shape index (κ3) is 5.67. The topological polar surface area (TPSA) is 35.6 Å². The second-order valence-corrected chi connectivity index (χ2v) is 6.61. The summed E-state index contributed by atoms with van der Waals surface area (Å²) in [6.45, 7) is 7.98. The number of thiophene rings is 1. The predicted octanol–water partition coefficient (Wildman–Crippen LogP) is 3.16. The van der Waals surface area contributed by atoms with Crippen LogP contribution in [0.1, 0.15) is 37.5 Å². The van der Waals surface area contributed by atoms with Crippen molar-refractivity contribution in [2.75, 3.05) is 32.7 Å². The zero-order valence-corrected chi connectivity index (χ0v) is 13.8. The molecule has 0 bridgehead atoms. The zero-order valence-electron chi connectivity index (χ0n) is 13.0. The Morgan fingerprint density at radius 1 is 1.38 bits per heavy atom. The highest BCUT2D eigenvalue weighted by atomic mass is 32.1. The van der Waals surface area contributed by atoms with Gasteiger partial charge in [0.1, 0.15) is 0 Å². The van der Waals surface area contributed by atoms with E-state index in [1.807, 2.05) is 17.9 Å². The lowest BCUT2D eigenvalue weighted by Gasteiger charge is -2.21. The van der Waals surface area contributed by atoms with Gasteiger partial charge < -0.3 is 15.1 Å². The number of urea groups is 1. The van der Waals surface area contributed by atoms with E-state index >= 15 is 0 Å². The van der Waals surface area contributed by atoms with Crippen LogP contribution in [0, 0.1) is 0 Å². The van der Waals surface area contributed by atoms with Crippen molar-refractivity contribution >= 4 is 17.4 Å². The smallest absolute Gasteiger partial charge is 0.317 e. The molecule has 0 aliphatic carbocycles. The Balaban J connectivity index is 1.58. The monoisotopic (exact) mass is 309 g/mol. The van der Waals surface area contributed by atoms with E-state index in [4.69, 9.17) is 0 Å². The largest absolute Gasteiger partial charge is 0.338 e. The van der Waals surface area contributed by atoms with Crippen LogP contribution in [-0.4, -0.2) is 48.6 Å². The quantitative estimate of drug-likeness (QED) is 0.749. The minimum atomic E-state index is 0.0621. The maximum Gasteiger partial charge on any atom is 0.317 e. The van der Waals surface area contributed by atoms with Crippen molar-refractivity contribution in [2.45, 2.75) is 39.2 Å². The number of hydrogen-bond donors (Lipinski definition) is 1. The Bertz CT molecular complexity index is 402. The van der Waals surface area contributed by atoms with Crippen molar-refractivity contribution in [2.24, 2.45) is 0 Å². The fraction of sp³-hybridized carbons (Fsp3) is 0.688. The first kappa shape index (κ1) is 16.3. The van der Waals surface area contributed by atoms with E-state index in [-0.39, 0.29) is 6.03 Å². The Hall–Kier alpha value is -1.07. The first-order chi connectivity index (χ1) is 10.3. The Labute approximate surface area is 132 Å². The van der Waals surface area contributed by atoms with Gasteiger partial charge in [0.2, 0.25) is 0 Å². The molecule has 1 aliphatic rings. The molecular formula is C16H27N3OS. The molecule has 1 saturated heterocycles. The van der Waals surface area contributed by atoms with Gasteiger partial charge in [0.25, 0.3) is 0 Å². The molecule has 2 amide bonds. The van der Waals surface area contributed by atoms with E-state index < -0.39 is 0 Å². The van der Waals surface area contributed by atoms with Crippen LogP contribution in [0.3, 0.4) is 0 Å². The van der Waals surface area contributed by atoms with Gasteiger partial charge in [-0.25, -0.2) is 4.79 Å². The van der Waals surface area contributed by atoms with Gasteiger partial charge >= 0.3 is 6.03 Å². The van der Waals surface area contributed by atoms with E-state index in [9.17, 15) is 4.79 Å². The summed E-state index contributed by atoms with van der Waals surface area (Å²) in [6.07, 6.45) is 4.95. The van der Waals surface area contributed by atoms with Crippen LogP contribution < -0.4 is 5.32 Å². The van der Waals surface area contributed by atoms with Crippen LogP contribution in [0.2, 0.25) is 0 Å². The molecule has 1 aliphatic heterocycles. The number of nitrogens with one attached hydrogen (secondary N) is 1. The summed E-state index contributed by atoms with van der Waals surface area (Å²) in [5.74, 6) is 0. The number of likely N-dealkylation sites (tertiary alicyclic amines) is 1. The highest BCUT2D eigenvalue weighted by molar-refractivity contribution is 7.09. The molecule has 2 heterocycles. The van der Waals surface area contributed by atoms with Crippen LogP contribution in [0.15, 0.2) is 17.5 Å². The number of hydrogen-bond acceptors (Lipinski definition) is 3. The van der Waals surface area contributed by atoms with Gasteiger partial charge in [0.15, 0.2) is 0 Å². The molecule has 4 nitrogen and oxygen atoms in total. The molecule has 0 unspecified atom stereocenters. The van der Waals surface area contributed by atoms with Crippen LogP contribution in [0.5, 0.6) is 0 Å². The Kier molecular flexibility index (Phi) is 7.03. The summed E-state index contributed by atoms with van der Waals surface area (Å²) in [5, 5.41) is 5.10. The average molecular weight is 309 g/mol. The van der Waals surface area contributed by atoms with Gasteiger partial charge in [-0.05, 0) is 63.7 Å². The van der Waals surface area contributed by atoms with Gasteiger partial charge in [-0.2, -0.15) is 0 Å². The highest BCUT2D eigenvalue weighted by Gasteiger charge is 2.12. The van der Waals surface area contributed by atoms with Crippen molar-refractivity contribution in [1.29, 1.82) is 0 Å². The van der Waals surface area contributed by atoms with E-state index in [0.717, 1.165) is 19.5 Å². The van der Waals surface area contributed by atoms with E-state index in [1.54, 1.807) is 11.3 Å². The molecule has 0 saturated carbocycles. The maximum atomic E-state index is 12.1. The number of carbonyl (C=O) groups is 1. The fourth-order valence-electron chi connectivity index (χ4n) is 2.69. The minimum Gasteiger partial charge on any atom is -0.338 e. The molecule has 1 aromatic rings. The van der Waals surface area contributed by atoms with Gasteiger partial charge in [-0.1, -0.05) is 6.07 Å². The second-order valence-electron chi connectivity index (χ2n) is 5.58. The lowest BCUT2D eigenvalue weighted by molar-refractivity contribution is 0.198. The summed E-state index contributed by atoms with van der Waals surface area (Å²) in [5.41, 5.74) is 0. The van der Waals surface area contributed by atoms with Crippen LogP contribution in [0.4, 0.5) is 4.79 Å². The van der Waals surface area contributed by atoms with Gasteiger partial charge in [-0.15, -0.1) is 11.3 Å². The standard InChI is InChI=1S/C16H27N3OS/c1-2-19(14-15-8-7-13-21-15)16(20)17-9-3-4-10-18-11-5-6-12-18/h7-8,13H,2-6,9-12,14H2,1H3,(H,17,20). The predicted molar refractivity (Wildman–Crippen MR) is 88.7 cm³/mol. The van der Waals surface area contributed by atoms with Crippen LogP contribution >= 0.6 is 11.3 Å². The third-order valence-electron chi connectivity index (χ3n) is 3.97. The van der Waals surface area contributed by atoms with Crippen molar-refractivity contribution in [1.82, 2.24) is 15.1 Å². The molecule has 1 aromatic heterocycles. The number of carbonyl (C=O) groups excluding carboxylic acids is 1.